The van der Waals surface area contributed by atoms with Gasteiger partial charge in [0, 0.05) is 17.2 Å². The van der Waals surface area contributed by atoms with E-state index in [1.165, 1.54) is 6.33 Å². The minimum absolute atomic E-state index is 0.0513. The number of allylic oxidation sites excluding steroid dienone is 2. The van der Waals surface area contributed by atoms with Crippen LogP contribution in [0.4, 0.5) is 0 Å². The van der Waals surface area contributed by atoms with Crippen molar-refractivity contribution in [3.8, 4) is 6.07 Å². The highest BCUT2D eigenvalue weighted by Crippen LogP contribution is 2.38. The minimum atomic E-state index is -1.23. The average molecular weight is 298 g/mol. The van der Waals surface area contributed by atoms with E-state index < -0.39 is 11.6 Å². The van der Waals surface area contributed by atoms with Crippen molar-refractivity contribution in [2.75, 3.05) is 19.8 Å². The van der Waals surface area contributed by atoms with Gasteiger partial charge in [0.1, 0.15) is 12.2 Å². The normalized spacial score (nSPS) is 29.3. The number of nitrogens with two attached hydrogens (primary N) is 1. The van der Waals surface area contributed by atoms with Crippen LogP contribution < -0.4 is 5.73 Å². The molecule has 0 bridgehead atoms. The first-order valence-electron chi connectivity index (χ1n) is 7.13. The molecular formula is C16H18N4O2. The van der Waals surface area contributed by atoms with Crippen LogP contribution in [0.5, 0.6) is 0 Å². The Morgan fingerprint density at radius 3 is 2.95 bits per heavy atom. The van der Waals surface area contributed by atoms with Gasteiger partial charge in [-0.2, -0.15) is 5.26 Å². The highest BCUT2D eigenvalue weighted by atomic mass is 16.5. The fraction of sp³-hybridized carbons (Fsp3) is 0.438. The number of aromatic nitrogens is 2. The van der Waals surface area contributed by atoms with Crippen LogP contribution >= 0.6 is 0 Å². The number of nitrogens with zero attached hydrogens (tertiary/aromatic N) is 3. The van der Waals surface area contributed by atoms with Gasteiger partial charge >= 0.3 is 0 Å². The Balaban J connectivity index is 1.90. The molecule has 1 aromatic rings. The van der Waals surface area contributed by atoms with E-state index in [1.807, 2.05) is 12.2 Å². The van der Waals surface area contributed by atoms with E-state index in [2.05, 4.69) is 23.0 Å². The molecule has 1 aliphatic heterocycles. The largest absolute Gasteiger partial charge is 0.380 e. The predicted molar refractivity (Wildman–Crippen MR) is 80.0 cm³/mol. The highest BCUT2D eigenvalue weighted by molar-refractivity contribution is 5.73. The molecule has 0 amide bonds. The Morgan fingerprint density at radius 1 is 1.55 bits per heavy atom. The van der Waals surface area contributed by atoms with Gasteiger partial charge in [0.15, 0.2) is 5.72 Å². The lowest BCUT2D eigenvalue weighted by molar-refractivity contribution is -0.162. The molecule has 6 nitrogen and oxygen atoms in total. The van der Waals surface area contributed by atoms with Crippen LogP contribution in [-0.4, -0.2) is 35.5 Å². The Labute approximate surface area is 129 Å². The summed E-state index contributed by atoms with van der Waals surface area (Å²) in [6.45, 7) is 3.79. The maximum absolute atomic E-state index is 9.45. The van der Waals surface area contributed by atoms with Gasteiger partial charge in [0.2, 0.25) is 0 Å². The third-order valence-electron chi connectivity index (χ3n) is 4.01. The second-order valence-corrected chi connectivity index (χ2v) is 6.05. The lowest BCUT2D eigenvalue weighted by Gasteiger charge is -2.43. The van der Waals surface area contributed by atoms with E-state index in [9.17, 15) is 5.26 Å². The lowest BCUT2D eigenvalue weighted by atomic mass is 9.83. The van der Waals surface area contributed by atoms with Crippen LogP contribution in [0.25, 0.3) is 5.57 Å². The number of rotatable bonds is 4. The van der Waals surface area contributed by atoms with Gasteiger partial charge in [-0.15, -0.1) is 0 Å². The molecule has 114 valence electrons. The standard InChI is InChI=1S/C16H18N4O2/c1-15(8-21-9-15)10-22-16(18)12(7-17)3-2-4-13(16)14-5-6-19-11-20-14/h2-6,11-12H,8-10,18H2,1H3. The van der Waals surface area contributed by atoms with E-state index >= 15 is 0 Å². The first-order chi connectivity index (χ1) is 10.6. The summed E-state index contributed by atoms with van der Waals surface area (Å²) >= 11 is 0. The molecule has 22 heavy (non-hydrogen) atoms. The summed E-state index contributed by atoms with van der Waals surface area (Å²) in [6, 6.07) is 3.98. The highest BCUT2D eigenvalue weighted by Gasteiger charge is 2.44. The molecule has 2 aliphatic rings. The minimum Gasteiger partial charge on any atom is -0.380 e. The summed E-state index contributed by atoms with van der Waals surface area (Å²) in [6.07, 6.45) is 8.51. The molecule has 2 atom stereocenters. The quantitative estimate of drug-likeness (QED) is 0.841. The van der Waals surface area contributed by atoms with Crippen LogP contribution in [0.2, 0.25) is 0 Å². The predicted octanol–water partition coefficient (Wildman–Crippen LogP) is 1.28. The van der Waals surface area contributed by atoms with Gasteiger partial charge in [0.05, 0.1) is 31.6 Å². The van der Waals surface area contributed by atoms with Gasteiger partial charge in [-0.25, -0.2) is 9.97 Å². The molecule has 0 spiro atoms. The van der Waals surface area contributed by atoms with Crippen molar-refractivity contribution < 1.29 is 9.47 Å². The van der Waals surface area contributed by atoms with Crippen LogP contribution in [0.1, 0.15) is 12.6 Å². The van der Waals surface area contributed by atoms with Crippen LogP contribution in [0, 0.1) is 22.7 Å². The van der Waals surface area contributed by atoms with E-state index in [0.29, 0.717) is 31.1 Å². The summed E-state index contributed by atoms with van der Waals surface area (Å²) in [5.41, 5.74) is 6.59. The molecule has 1 fully saturated rings. The SMILES string of the molecule is CC1(COC2(N)C(c3ccncn3)=CC=CC2C#N)COC1. The fourth-order valence-electron chi connectivity index (χ4n) is 2.57. The average Bonchev–Trinajstić information content (AvgIpc) is 2.52. The summed E-state index contributed by atoms with van der Waals surface area (Å²) in [5.74, 6) is -0.577. The zero-order chi connectivity index (χ0) is 15.6. The summed E-state index contributed by atoms with van der Waals surface area (Å²) < 4.78 is 11.3. The molecule has 0 saturated carbocycles. The van der Waals surface area contributed by atoms with Gasteiger partial charge in [-0.3, -0.25) is 5.73 Å². The molecular weight excluding hydrogens is 280 g/mol. The number of nitriles is 1. The first kappa shape index (κ1) is 14.9. The van der Waals surface area contributed by atoms with Crippen molar-refractivity contribution in [3.63, 3.8) is 0 Å². The third kappa shape index (κ3) is 2.55. The first-order valence-corrected chi connectivity index (χ1v) is 7.13. The Bertz CT molecular complexity index is 646. The van der Waals surface area contributed by atoms with Crippen LogP contribution in [0.15, 0.2) is 36.8 Å². The van der Waals surface area contributed by atoms with Gasteiger partial charge < -0.3 is 9.47 Å². The Morgan fingerprint density at radius 2 is 2.36 bits per heavy atom. The van der Waals surface area contributed by atoms with E-state index in [4.69, 9.17) is 15.2 Å². The second kappa shape index (κ2) is 5.61. The number of ether oxygens (including phenoxy) is 2. The monoisotopic (exact) mass is 298 g/mol. The van der Waals surface area contributed by atoms with Gasteiger partial charge in [0.25, 0.3) is 0 Å². The van der Waals surface area contributed by atoms with E-state index in [1.54, 1.807) is 18.3 Å². The molecule has 2 N–H and O–H groups in total. The van der Waals surface area contributed by atoms with E-state index in [0.717, 1.165) is 0 Å². The molecule has 1 aliphatic carbocycles. The zero-order valence-electron chi connectivity index (χ0n) is 12.4. The van der Waals surface area contributed by atoms with Crippen molar-refractivity contribution in [3.05, 3.63) is 42.5 Å². The summed E-state index contributed by atoms with van der Waals surface area (Å²) in [4.78, 5) is 8.15. The zero-order valence-corrected chi connectivity index (χ0v) is 12.4. The fourth-order valence-corrected chi connectivity index (χ4v) is 2.57. The molecule has 1 aromatic heterocycles. The van der Waals surface area contributed by atoms with Crippen LogP contribution in [0.3, 0.4) is 0 Å². The summed E-state index contributed by atoms with van der Waals surface area (Å²) in [5, 5.41) is 9.45. The van der Waals surface area contributed by atoms with Crippen molar-refractivity contribution >= 4 is 5.57 Å². The molecule has 2 unspecified atom stereocenters. The van der Waals surface area contributed by atoms with E-state index in [-0.39, 0.29) is 5.41 Å². The molecule has 3 rings (SSSR count). The number of hydrogen-bond donors (Lipinski definition) is 1. The molecule has 0 radical (unpaired) electrons. The summed E-state index contributed by atoms with van der Waals surface area (Å²) in [7, 11) is 0. The van der Waals surface area contributed by atoms with Gasteiger partial charge in [-0.05, 0) is 6.07 Å². The smallest absolute Gasteiger partial charge is 0.164 e. The molecule has 1 saturated heterocycles. The van der Waals surface area contributed by atoms with Crippen molar-refractivity contribution in [1.82, 2.24) is 9.97 Å². The Kier molecular flexibility index (Phi) is 3.79. The van der Waals surface area contributed by atoms with Crippen LogP contribution in [-0.2, 0) is 9.47 Å². The Hall–Kier alpha value is -2.07. The maximum atomic E-state index is 9.45. The topological polar surface area (TPSA) is 94.0 Å². The van der Waals surface area contributed by atoms with Crippen molar-refractivity contribution in [1.29, 1.82) is 5.26 Å². The van der Waals surface area contributed by atoms with Gasteiger partial charge in [-0.1, -0.05) is 25.2 Å². The third-order valence-corrected chi connectivity index (χ3v) is 4.01. The molecule has 6 heteroatoms. The maximum Gasteiger partial charge on any atom is 0.164 e. The lowest BCUT2D eigenvalue weighted by Crippen LogP contribution is -2.54. The number of hydrogen-bond acceptors (Lipinski definition) is 6. The molecule has 0 aromatic carbocycles. The van der Waals surface area contributed by atoms with Crippen molar-refractivity contribution in [2.24, 2.45) is 17.1 Å². The van der Waals surface area contributed by atoms with Crippen molar-refractivity contribution in [2.45, 2.75) is 12.6 Å². The second-order valence-electron chi connectivity index (χ2n) is 6.05. The molecule has 2 heterocycles.